The Bertz CT molecular complexity index is 1160. The van der Waals surface area contributed by atoms with Gasteiger partial charge in [-0.1, -0.05) is 0 Å². The van der Waals surface area contributed by atoms with E-state index in [1.165, 1.54) is 0 Å². The van der Waals surface area contributed by atoms with Crippen molar-refractivity contribution in [2.45, 2.75) is 102 Å². The third kappa shape index (κ3) is 7.11. The minimum Gasteiger partial charge on any atom is -0.390 e. The van der Waals surface area contributed by atoms with Crippen LogP contribution in [0.1, 0.15) is 12.8 Å². The lowest BCUT2D eigenvalue weighted by atomic mass is 9.85. The molecule has 0 heterocycles. The summed E-state index contributed by atoms with van der Waals surface area (Å²) in [5.74, 6) is -66.2. The molecule has 0 aliphatic rings. The van der Waals surface area contributed by atoms with Crippen LogP contribution in [0.25, 0.3) is 0 Å². The number of aliphatic hydroxyl groups excluding tert-OH is 1. The minimum atomic E-state index is -8.91. The molecule has 0 spiro atoms. The molecule has 0 aromatic carbocycles. The zero-order valence-corrected chi connectivity index (χ0v) is 22.6. The Labute approximate surface area is 258 Å². The second kappa shape index (κ2) is 13.0. The van der Waals surface area contributed by atoms with Gasteiger partial charge < -0.3 is 9.84 Å². The van der Waals surface area contributed by atoms with Crippen molar-refractivity contribution in [1.29, 1.82) is 0 Å². The zero-order chi connectivity index (χ0) is 42.1. The summed E-state index contributed by atoms with van der Waals surface area (Å²) in [6.45, 7) is -5.27. The molecule has 0 radical (unpaired) electrons. The highest BCUT2D eigenvalue weighted by atomic mass is 19.5. The van der Waals surface area contributed by atoms with Crippen LogP contribution in [0.3, 0.4) is 0 Å². The fourth-order valence-corrected chi connectivity index (χ4v) is 3.38. The third-order valence-electron chi connectivity index (χ3n) is 6.29. The van der Waals surface area contributed by atoms with E-state index in [0.29, 0.717) is 0 Å². The maximum absolute atomic E-state index is 13.8. The SMILES string of the molecule is OC(COCCC(F)(F)C(F)(F)C(F)(F)C(F)(F)C(F)(C(F)(F)F)C(F)(F)F)CC(F)(F)C(F)(F)C(F)(F)C(F)(F)C(F)(C(F)(F)F)C(F)(F)F. The van der Waals surface area contributed by atoms with Gasteiger partial charge in [-0.05, 0) is 0 Å². The quantitative estimate of drug-likeness (QED) is 0.132. The van der Waals surface area contributed by atoms with Crippen LogP contribution in [-0.2, 0) is 4.74 Å². The second-order valence-corrected chi connectivity index (χ2v) is 9.85. The Morgan fingerprint density at radius 3 is 0.863 bits per heavy atom. The highest BCUT2D eigenvalue weighted by molar-refractivity contribution is 5.18. The molecule has 0 aromatic rings. The predicted octanol–water partition coefficient (Wildman–Crippen LogP) is 9.89. The Morgan fingerprint density at radius 1 is 0.353 bits per heavy atom. The number of ether oxygens (including phenoxy) is 1. The Morgan fingerprint density at radius 2 is 0.608 bits per heavy atom. The van der Waals surface area contributed by atoms with Gasteiger partial charge in [-0.15, -0.1) is 0 Å². The van der Waals surface area contributed by atoms with Gasteiger partial charge in [0.2, 0.25) is 0 Å². The highest BCUT2D eigenvalue weighted by Gasteiger charge is 2.97. The molecule has 0 amide bonds. The number of alkyl halides is 30. The smallest absolute Gasteiger partial charge is 0.390 e. The number of rotatable bonds is 15. The molecule has 0 saturated heterocycles. The van der Waals surface area contributed by atoms with Crippen LogP contribution in [-0.4, -0.2) is 108 Å². The number of halogens is 30. The summed E-state index contributed by atoms with van der Waals surface area (Å²) in [5.41, 5.74) is -17.4. The van der Waals surface area contributed by atoms with Crippen molar-refractivity contribution in [3.8, 4) is 0 Å². The molecule has 1 atom stereocenters. The average Bonchev–Trinajstić information content (AvgIpc) is 2.86. The van der Waals surface area contributed by atoms with Crippen molar-refractivity contribution < 1.29 is 142 Å². The van der Waals surface area contributed by atoms with Gasteiger partial charge in [-0.3, -0.25) is 0 Å². The first kappa shape index (κ1) is 48.8. The minimum absolute atomic E-state index is 2.57. The first-order valence-electron chi connectivity index (χ1n) is 11.5. The van der Waals surface area contributed by atoms with E-state index in [4.69, 9.17) is 5.11 Å². The Hall–Kier alpha value is -2.18. The lowest BCUT2D eigenvalue weighted by Gasteiger charge is -2.43. The summed E-state index contributed by atoms with van der Waals surface area (Å²) in [6, 6.07) is 0. The van der Waals surface area contributed by atoms with E-state index in [2.05, 4.69) is 4.74 Å². The van der Waals surface area contributed by atoms with Gasteiger partial charge in [0, 0.05) is 12.8 Å². The maximum atomic E-state index is 13.8. The topological polar surface area (TPSA) is 29.5 Å². The van der Waals surface area contributed by atoms with Gasteiger partial charge in [-0.25, -0.2) is 8.78 Å². The van der Waals surface area contributed by atoms with Crippen molar-refractivity contribution in [1.82, 2.24) is 0 Å². The molecular weight excluding hydrogens is 830 g/mol. The van der Waals surface area contributed by atoms with Crippen LogP contribution >= 0.6 is 0 Å². The van der Waals surface area contributed by atoms with Crippen molar-refractivity contribution in [2.75, 3.05) is 13.2 Å². The summed E-state index contributed by atoms with van der Waals surface area (Å²) in [7, 11) is 0. The first-order chi connectivity index (χ1) is 21.6. The van der Waals surface area contributed by atoms with Gasteiger partial charge in [0.15, 0.2) is 0 Å². The van der Waals surface area contributed by atoms with Crippen molar-refractivity contribution in [3.63, 3.8) is 0 Å². The maximum Gasteiger partial charge on any atom is 0.438 e. The van der Waals surface area contributed by atoms with Crippen LogP contribution in [0, 0.1) is 0 Å². The molecule has 0 aliphatic heterocycles. The molecule has 32 heteroatoms. The molecular formula is C19H10F30O2. The van der Waals surface area contributed by atoms with Crippen LogP contribution in [0.5, 0.6) is 0 Å². The Balaban J connectivity index is 6.19. The molecule has 0 aliphatic carbocycles. The summed E-state index contributed by atoms with van der Waals surface area (Å²) in [4.78, 5) is 0. The predicted molar refractivity (Wildman–Crippen MR) is 97.5 cm³/mol. The third-order valence-corrected chi connectivity index (χ3v) is 6.29. The van der Waals surface area contributed by atoms with Crippen LogP contribution < -0.4 is 0 Å². The van der Waals surface area contributed by atoms with Gasteiger partial charge >= 0.3 is 83.4 Å². The van der Waals surface area contributed by atoms with Crippen LogP contribution in [0.4, 0.5) is 132 Å². The van der Waals surface area contributed by atoms with Gasteiger partial charge in [0.1, 0.15) is 0 Å². The molecule has 0 fully saturated rings. The number of aliphatic hydroxyl groups is 1. The summed E-state index contributed by atoms with van der Waals surface area (Å²) < 4.78 is 398. The lowest BCUT2D eigenvalue weighted by molar-refractivity contribution is -0.458. The second-order valence-electron chi connectivity index (χ2n) is 9.85. The molecule has 0 saturated carbocycles. The lowest BCUT2D eigenvalue weighted by Crippen LogP contribution is -2.75. The molecule has 0 bridgehead atoms. The van der Waals surface area contributed by atoms with E-state index < -0.39 is 116 Å². The summed E-state index contributed by atoms with van der Waals surface area (Å²) in [6.07, 6.45) is -44.2. The molecule has 1 unspecified atom stereocenters. The molecule has 2 nitrogen and oxygen atoms in total. The van der Waals surface area contributed by atoms with E-state index in [-0.39, 0.29) is 0 Å². The largest absolute Gasteiger partial charge is 0.438 e. The fraction of sp³-hybridized carbons (Fsp3) is 1.00. The van der Waals surface area contributed by atoms with E-state index in [1.54, 1.807) is 0 Å². The van der Waals surface area contributed by atoms with Crippen molar-refractivity contribution >= 4 is 0 Å². The van der Waals surface area contributed by atoms with Crippen LogP contribution in [0.15, 0.2) is 0 Å². The normalized spacial score (nSPS) is 17.2. The van der Waals surface area contributed by atoms with E-state index >= 15 is 0 Å². The van der Waals surface area contributed by atoms with Crippen LogP contribution in [0.2, 0.25) is 0 Å². The number of hydrogen-bond donors (Lipinski definition) is 1. The standard InChI is InChI=1S/C19H10F30O2/c20-6(21,10(26,27)14(34,35)12(30,31)8(24,16(38,39)40)17(41,42)43)1-2-51-4-5(50)3-7(22,23)11(28,29)15(36,37)13(32,33)9(25,18(44,45)46)19(47,48)49/h5,50H,1-4H2. The zero-order valence-electron chi connectivity index (χ0n) is 22.6. The van der Waals surface area contributed by atoms with Crippen molar-refractivity contribution in [2.24, 2.45) is 0 Å². The molecule has 1 N–H and O–H groups in total. The van der Waals surface area contributed by atoms with Crippen molar-refractivity contribution in [3.05, 3.63) is 0 Å². The highest BCUT2D eigenvalue weighted by Crippen LogP contribution is 2.66. The van der Waals surface area contributed by atoms with Gasteiger partial charge in [0.05, 0.1) is 19.3 Å². The molecule has 308 valence electrons. The summed E-state index contributed by atoms with van der Waals surface area (Å²) >= 11 is 0. The van der Waals surface area contributed by atoms with E-state index in [1.807, 2.05) is 0 Å². The Kier molecular flexibility index (Phi) is 12.4. The molecule has 51 heavy (non-hydrogen) atoms. The van der Waals surface area contributed by atoms with Gasteiger partial charge in [0.25, 0.3) is 0 Å². The van der Waals surface area contributed by atoms with E-state index in [9.17, 15) is 132 Å². The fourth-order valence-electron chi connectivity index (χ4n) is 3.38. The monoisotopic (exact) mass is 840 g/mol. The summed E-state index contributed by atoms with van der Waals surface area (Å²) in [5, 5.41) is 9.09. The first-order valence-corrected chi connectivity index (χ1v) is 11.5. The average molecular weight is 840 g/mol. The number of hydrogen-bond acceptors (Lipinski definition) is 2. The van der Waals surface area contributed by atoms with E-state index in [0.717, 1.165) is 0 Å². The molecule has 0 rings (SSSR count). The molecule has 0 aromatic heterocycles. The van der Waals surface area contributed by atoms with Gasteiger partial charge in [-0.2, -0.15) is 123 Å².